The molecule has 224 valence electrons. The van der Waals surface area contributed by atoms with E-state index in [-0.39, 0.29) is 35.9 Å². The number of anilines is 3. The van der Waals surface area contributed by atoms with Crippen LogP contribution in [0.2, 0.25) is 0 Å². The summed E-state index contributed by atoms with van der Waals surface area (Å²) in [6, 6.07) is 23.0. The van der Waals surface area contributed by atoms with Crippen molar-refractivity contribution in [2.24, 2.45) is 17.8 Å². The molecule has 4 amide bonds. The van der Waals surface area contributed by atoms with E-state index in [2.05, 4.69) is 21.2 Å². The van der Waals surface area contributed by atoms with Gasteiger partial charge in [0.2, 0.25) is 11.8 Å². The summed E-state index contributed by atoms with van der Waals surface area (Å²) in [6.07, 6.45) is 2.08. The highest BCUT2D eigenvalue weighted by Crippen LogP contribution is 2.65. The number of carbonyl (C=O) groups is 4. The second-order valence-electron chi connectivity index (χ2n) is 11.6. The molecule has 3 aromatic rings. The summed E-state index contributed by atoms with van der Waals surface area (Å²) in [4.78, 5) is 54.0. The molecule has 2 N–H and O–H groups in total. The van der Waals surface area contributed by atoms with Crippen molar-refractivity contribution < 1.29 is 24.3 Å². The zero-order valence-electron chi connectivity index (χ0n) is 23.1. The molecule has 0 unspecified atom stereocenters. The minimum atomic E-state index is -1.88. The number of benzene rings is 3. The van der Waals surface area contributed by atoms with Crippen LogP contribution in [0.4, 0.5) is 17.1 Å². The van der Waals surface area contributed by atoms with E-state index >= 15 is 0 Å². The van der Waals surface area contributed by atoms with Gasteiger partial charge in [0.25, 0.3) is 11.8 Å². The van der Waals surface area contributed by atoms with Gasteiger partial charge in [0.1, 0.15) is 5.75 Å². The quantitative estimate of drug-likeness (QED) is 0.146. The average Bonchev–Trinajstić information content (AvgIpc) is 3.36. The van der Waals surface area contributed by atoms with Gasteiger partial charge in [-0.2, -0.15) is 0 Å². The van der Waals surface area contributed by atoms with E-state index in [1.165, 1.54) is 17.0 Å². The third-order valence-corrected chi connectivity index (χ3v) is 11.3. The highest BCUT2D eigenvalue weighted by molar-refractivity contribution is 9.09. The van der Waals surface area contributed by atoms with Crippen LogP contribution in [0.1, 0.15) is 24.3 Å². The molecule has 2 aliphatic carbocycles. The molecule has 3 aromatic carbocycles. The average molecular weight is 695 g/mol. The third kappa shape index (κ3) is 4.02. The number of likely N-dealkylation sites (tertiary alicyclic amines) is 1. The van der Waals surface area contributed by atoms with Crippen LogP contribution in [0, 0.1) is 17.8 Å². The molecule has 11 heteroatoms. The van der Waals surface area contributed by atoms with Gasteiger partial charge in [0, 0.05) is 17.3 Å². The number of phenolic OH excluding ortho intramolecular Hbond substituents is 1. The van der Waals surface area contributed by atoms with Crippen LogP contribution in [0.25, 0.3) is 0 Å². The zero-order valence-corrected chi connectivity index (χ0v) is 26.2. The Morgan fingerprint density at radius 2 is 1.50 bits per heavy atom. The molecule has 8 nitrogen and oxygen atoms in total. The van der Waals surface area contributed by atoms with E-state index in [4.69, 9.17) is 23.2 Å². The Hall–Kier alpha value is -3.66. The van der Waals surface area contributed by atoms with Crippen LogP contribution in [-0.2, 0) is 19.2 Å². The second kappa shape index (κ2) is 10.5. The zero-order chi connectivity index (χ0) is 31.0. The lowest BCUT2D eigenvalue weighted by Gasteiger charge is -2.50. The Labute approximate surface area is 271 Å². The minimum absolute atomic E-state index is 0.0210. The van der Waals surface area contributed by atoms with Crippen LogP contribution < -0.4 is 10.2 Å². The molecule has 7 rings (SSSR count). The molecule has 2 heterocycles. The number of amides is 4. The molecular weight excluding hydrogens is 669 g/mol. The number of allylic oxidation sites excluding steroid dienone is 2. The van der Waals surface area contributed by atoms with Crippen LogP contribution in [0.3, 0.4) is 0 Å². The molecule has 2 saturated heterocycles. The Balaban J connectivity index is 1.27. The molecule has 2 aliphatic heterocycles. The maximum atomic E-state index is 14.2. The Morgan fingerprint density at radius 3 is 2.16 bits per heavy atom. The van der Waals surface area contributed by atoms with E-state index in [9.17, 15) is 24.3 Å². The summed E-state index contributed by atoms with van der Waals surface area (Å²) in [7, 11) is 0. The molecule has 0 bridgehead atoms. The van der Waals surface area contributed by atoms with Gasteiger partial charge in [-0.05, 0) is 72.9 Å². The molecule has 0 aromatic heterocycles. The van der Waals surface area contributed by atoms with Crippen molar-refractivity contribution in [3.63, 3.8) is 0 Å². The molecule has 6 atom stereocenters. The van der Waals surface area contributed by atoms with Crippen LogP contribution in [0.5, 0.6) is 5.75 Å². The van der Waals surface area contributed by atoms with Crippen molar-refractivity contribution in [1.82, 2.24) is 4.90 Å². The normalized spacial score (nSPS) is 31.0. The van der Waals surface area contributed by atoms with Crippen LogP contribution in [-0.4, -0.2) is 48.8 Å². The van der Waals surface area contributed by atoms with Gasteiger partial charge in [-0.1, -0.05) is 57.9 Å². The monoisotopic (exact) mass is 693 g/mol. The fourth-order valence-corrected chi connectivity index (χ4v) is 8.86. The number of nitrogens with zero attached hydrogens (tertiary/aromatic N) is 2. The van der Waals surface area contributed by atoms with E-state index in [0.29, 0.717) is 16.8 Å². The molecular formula is C33H26BrCl2N3O5. The first-order chi connectivity index (χ1) is 21.1. The predicted molar refractivity (Wildman–Crippen MR) is 170 cm³/mol. The lowest BCUT2D eigenvalue weighted by Crippen LogP contribution is -2.60. The minimum Gasteiger partial charge on any atom is -0.508 e. The summed E-state index contributed by atoms with van der Waals surface area (Å²) < 4.78 is 0. The Morgan fingerprint density at radius 1 is 0.841 bits per heavy atom. The van der Waals surface area contributed by atoms with Gasteiger partial charge in [-0.3, -0.25) is 29.0 Å². The fraction of sp³-hybridized carbons (Fsp3) is 0.273. The van der Waals surface area contributed by atoms with Crippen molar-refractivity contribution in [1.29, 1.82) is 0 Å². The molecule has 0 radical (unpaired) electrons. The summed E-state index contributed by atoms with van der Waals surface area (Å²) in [5.41, 5.74) is 3.34. The molecule has 44 heavy (non-hydrogen) atoms. The summed E-state index contributed by atoms with van der Waals surface area (Å²) in [5.74, 6) is -4.88. The molecule has 4 aliphatic rings. The van der Waals surface area contributed by atoms with Gasteiger partial charge < -0.3 is 10.4 Å². The highest BCUT2D eigenvalue weighted by atomic mass is 79.9. The van der Waals surface area contributed by atoms with Gasteiger partial charge in [-0.25, -0.2) is 0 Å². The van der Waals surface area contributed by atoms with Gasteiger partial charge in [0.15, 0.2) is 9.75 Å². The first-order valence-electron chi connectivity index (χ1n) is 14.2. The largest absolute Gasteiger partial charge is 0.508 e. The van der Waals surface area contributed by atoms with Crippen LogP contribution in [0.15, 0.2) is 90.5 Å². The highest BCUT2D eigenvalue weighted by Gasteiger charge is 2.76. The van der Waals surface area contributed by atoms with Crippen LogP contribution >= 0.6 is 39.1 Å². The van der Waals surface area contributed by atoms with E-state index < -0.39 is 45.2 Å². The summed E-state index contributed by atoms with van der Waals surface area (Å²) in [5, 5.41) is 13.3. The number of phenols is 1. The molecule has 3 fully saturated rings. The maximum Gasteiger partial charge on any atom is 0.254 e. The first-order valence-corrected chi connectivity index (χ1v) is 16.1. The van der Waals surface area contributed by atoms with Gasteiger partial charge in [0.05, 0.1) is 23.0 Å². The Bertz CT molecular complexity index is 1730. The number of para-hydroxylation sites is 1. The topological polar surface area (TPSA) is 107 Å². The second-order valence-corrected chi connectivity index (χ2v) is 13.4. The molecule has 1 saturated carbocycles. The summed E-state index contributed by atoms with van der Waals surface area (Å²) in [6.45, 7) is 0. The first kappa shape index (κ1) is 29.1. The van der Waals surface area contributed by atoms with Crippen molar-refractivity contribution in [2.45, 2.75) is 28.5 Å². The number of fused-ring (bicyclic) bond motifs is 4. The SMILES string of the molecule is O=C1[C@H]2[C@H](CC=C3[C@H]2C[C@@]2(Cl)C(=O)N(CBr)C(=O)[C@@]2(Cl)[C@H]3c2ccc(O)cc2)C(=O)N1c1ccc(Nc2ccccc2)cc1. The van der Waals surface area contributed by atoms with Crippen molar-refractivity contribution >= 4 is 79.8 Å². The van der Waals surface area contributed by atoms with Crippen molar-refractivity contribution in [3.05, 3.63) is 96.1 Å². The lowest BCUT2D eigenvalue weighted by atomic mass is 9.56. The smallest absolute Gasteiger partial charge is 0.254 e. The maximum absolute atomic E-state index is 14.2. The van der Waals surface area contributed by atoms with E-state index in [1.807, 2.05) is 48.5 Å². The standard InChI is InChI=1S/C33H26BrCl2N3O5/c34-17-38-30(43)32(35)16-25-23(27(33(32,36)31(38)44)18-6-12-22(40)13-7-18)14-15-24-26(25)29(42)39(28(24)41)21-10-8-20(9-11-21)37-19-4-2-1-3-5-19/h1-14,24-27,37,40H,15-17H2/t24-,25+,26-,27-,32+,33-/m0/s1. The van der Waals surface area contributed by atoms with Crippen molar-refractivity contribution in [2.75, 3.05) is 15.7 Å². The van der Waals surface area contributed by atoms with E-state index in [0.717, 1.165) is 16.3 Å². The third-order valence-electron chi connectivity index (χ3n) is 9.43. The fourth-order valence-electron chi connectivity index (χ4n) is 7.43. The van der Waals surface area contributed by atoms with Gasteiger partial charge in [-0.15, -0.1) is 23.2 Å². The summed E-state index contributed by atoms with van der Waals surface area (Å²) >= 11 is 17.7. The number of aromatic hydroxyl groups is 1. The number of alkyl halides is 3. The van der Waals surface area contributed by atoms with Crippen molar-refractivity contribution in [3.8, 4) is 5.75 Å². The predicted octanol–water partition coefficient (Wildman–Crippen LogP) is 6.05. The number of rotatable bonds is 5. The number of halogens is 3. The number of carbonyl (C=O) groups excluding carboxylic acids is 4. The lowest BCUT2D eigenvalue weighted by molar-refractivity contribution is -0.138. The number of nitrogens with one attached hydrogen (secondary N) is 1. The number of hydrogen-bond acceptors (Lipinski definition) is 6. The number of hydrogen-bond donors (Lipinski definition) is 2. The molecule has 0 spiro atoms. The van der Waals surface area contributed by atoms with Gasteiger partial charge >= 0.3 is 0 Å². The Kier molecular flexibility index (Phi) is 6.91. The number of imide groups is 2. The van der Waals surface area contributed by atoms with E-state index in [1.54, 1.807) is 24.3 Å².